The van der Waals surface area contributed by atoms with Crippen LogP contribution in [0.1, 0.15) is 102 Å². The van der Waals surface area contributed by atoms with Gasteiger partial charge in [-0.2, -0.15) is 0 Å². The van der Waals surface area contributed by atoms with Crippen molar-refractivity contribution >= 4 is 60.5 Å². The molecule has 21 heteroatoms. The number of aliphatic carboxylic acids is 3. The zero-order valence-corrected chi connectivity index (χ0v) is 34.9. The van der Waals surface area contributed by atoms with Gasteiger partial charge in [0.2, 0.25) is 35.4 Å². The van der Waals surface area contributed by atoms with Crippen LogP contribution >= 0.6 is 0 Å². The highest BCUT2D eigenvalue weighted by Crippen LogP contribution is 2.27. The molecule has 1 aromatic rings. The molecular formula is C40H61BN6O14. The molecule has 5 atom stereocenters. The Morgan fingerprint density at radius 1 is 0.672 bits per heavy atom. The molecule has 20 nitrogen and oxygen atoms in total. The van der Waals surface area contributed by atoms with E-state index in [9.17, 15) is 53.4 Å². The highest BCUT2D eigenvalue weighted by molar-refractivity contribution is 6.40. The van der Waals surface area contributed by atoms with Gasteiger partial charge < -0.3 is 57.3 Å². The third-order valence-electron chi connectivity index (χ3n) is 10.2. The highest BCUT2D eigenvalue weighted by atomic mass is 16.4. The maximum Gasteiger partial charge on any atom is 0.451 e. The zero-order valence-electron chi connectivity index (χ0n) is 34.9. The highest BCUT2D eigenvalue weighted by Gasteiger charge is 2.37. The van der Waals surface area contributed by atoms with Crippen LogP contribution in [-0.2, 0) is 49.6 Å². The van der Waals surface area contributed by atoms with E-state index in [-0.39, 0.29) is 44.0 Å². The van der Waals surface area contributed by atoms with Gasteiger partial charge in [-0.3, -0.25) is 43.2 Å². The molecule has 1 aliphatic rings. The van der Waals surface area contributed by atoms with E-state index in [0.29, 0.717) is 18.4 Å². The summed E-state index contributed by atoms with van der Waals surface area (Å²) in [7, 11) is -1.54. The first-order valence-electron chi connectivity index (χ1n) is 20.6. The molecule has 0 bridgehead atoms. The molecule has 0 saturated heterocycles. The number of benzene rings is 1. The minimum absolute atomic E-state index is 0.0315. The molecule has 0 radical (unpaired) electrons. The van der Waals surface area contributed by atoms with Gasteiger partial charge in [0.25, 0.3) is 0 Å². The Labute approximate surface area is 354 Å². The number of carbonyl (C=O) groups excluding carboxylic acids is 6. The van der Waals surface area contributed by atoms with Gasteiger partial charge in [0.15, 0.2) is 0 Å². The van der Waals surface area contributed by atoms with Crippen molar-refractivity contribution in [3.8, 4) is 0 Å². The quantitative estimate of drug-likeness (QED) is 0.0403. The molecule has 0 unspecified atom stereocenters. The van der Waals surface area contributed by atoms with E-state index in [1.165, 1.54) is 0 Å². The van der Waals surface area contributed by atoms with E-state index in [0.717, 1.165) is 24.8 Å². The Morgan fingerprint density at radius 2 is 1.26 bits per heavy atom. The monoisotopic (exact) mass is 860 g/mol. The maximum absolute atomic E-state index is 14.4. The lowest BCUT2D eigenvalue weighted by Gasteiger charge is -2.33. The van der Waals surface area contributed by atoms with E-state index in [1.54, 1.807) is 31.2 Å². The minimum Gasteiger partial charge on any atom is -0.481 e. The summed E-state index contributed by atoms with van der Waals surface area (Å²) in [6.07, 6.45) is 0.703. The summed E-state index contributed by atoms with van der Waals surface area (Å²) in [6, 6.07) is -0.0447. The second-order valence-corrected chi connectivity index (χ2v) is 15.8. The van der Waals surface area contributed by atoms with Crippen LogP contribution in [0.15, 0.2) is 24.3 Å². The Bertz CT molecular complexity index is 1690. The number of hydrogen-bond donors (Lipinski definition) is 11. The zero-order chi connectivity index (χ0) is 45.6. The van der Waals surface area contributed by atoms with Crippen molar-refractivity contribution in [3.63, 3.8) is 0 Å². The number of carboxylic acid groups (broad SMARTS) is 3. The summed E-state index contributed by atoms with van der Waals surface area (Å²) in [4.78, 5) is 116. The first-order valence-corrected chi connectivity index (χ1v) is 20.6. The van der Waals surface area contributed by atoms with Crippen molar-refractivity contribution in [1.82, 2.24) is 31.9 Å². The molecule has 338 valence electrons. The smallest absolute Gasteiger partial charge is 0.451 e. The molecule has 11 N–H and O–H groups in total. The minimum atomic E-state index is -1.78. The van der Waals surface area contributed by atoms with Crippen molar-refractivity contribution in [2.45, 2.75) is 141 Å². The Balaban J connectivity index is 2.46. The van der Waals surface area contributed by atoms with Crippen molar-refractivity contribution in [1.29, 1.82) is 0 Å². The molecule has 2 rings (SSSR count). The molecule has 1 aliphatic carbocycles. The summed E-state index contributed by atoms with van der Waals surface area (Å²) in [5.41, 5.74) is 1.37. The summed E-state index contributed by atoms with van der Waals surface area (Å²) < 4.78 is 0. The van der Waals surface area contributed by atoms with E-state index < -0.39 is 123 Å². The largest absolute Gasteiger partial charge is 0.481 e. The number of carboxylic acids is 3. The van der Waals surface area contributed by atoms with Gasteiger partial charge in [0.05, 0.1) is 12.8 Å². The van der Waals surface area contributed by atoms with Crippen LogP contribution in [0.25, 0.3) is 0 Å². The standard InChI is InChI=1S/C40H61BN6O14/c1-23(2)20-28(36(55)42-19-9-18-41(60)61)46-40(59)35(25-11-5-4-6-12-25)47-39(58)29(21-26-13-8-7-10-24(26)3)45-37(56)27(14-16-32(49)50)44-38(57)30(22-34(53)54)43-31(48)15-17-33(51)52/h7-8,10,13,23,25,27-30,35,60-61H,4-6,9,11-12,14-22H2,1-3H3,(H,42,55)(H,43,48)(H,44,57)(H,45,56)(H,46,59)(H,47,58)(H,49,50)(H,51,52)(H,53,54)/t27-,28-,29-,30-,35-/m0/s1. The number of hydrogen-bond acceptors (Lipinski definition) is 11. The van der Waals surface area contributed by atoms with E-state index in [1.807, 2.05) is 13.8 Å². The lowest BCUT2D eigenvalue weighted by atomic mass is 9.83. The van der Waals surface area contributed by atoms with Crippen molar-refractivity contribution < 1.29 is 68.5 Å². The second kappa shape index (κ2) is 26.6. The average Bonchev–Trinajstić information content (AvgIpc) is 3.18. The summed E-state index contributed by atoms with van der Waals surface area (Å²) in [6.45, 7) is 5.63. The van der Waals surface area contributed by atoms with Crippen LogP contribution in [0.4, 0.5) is 0 Å². The van der Waals surface area contributed by atoms with Gasteiger partial charge in [-0.1, -0.05) is 57.4 Å². The lowest BCUT2D eigenvalue weighted by molar-refractivity contribution is -0.142. The van der Waals surface area contributed by atoms with Gasteiger partial charge in [-0.15, -0.1) is 0 Å². The molecule has 0 heterocycles. The first kappa shape index (κ1) is 51.6. The fourth-order valence-electron chi connectivity index (χ4n) is 6.92. The molecule has 0 aromatic heterocycles. The molecule has 6 amide bonds. The van der Waals surface area contributed by atoms with Crippen molar-refractivity contribution in [2.24, 2.45) is 11.8 Å². The summed E-state index contributed by atoms with van der Waals surface area (Å²) in [5.74, 6) is -9.67. The molecular weight excluding hydrogens is 799 g/mol. The predicted octanol–water partition coefficient (Wildman–Crippen LogP) is -0.229. The van der Waals surface area contributed by atoms with Crippen LogP contribution in [0.2, 0.25) is 6.32 Å². The number of rotatable bonds is 27. The van der Waals surface area contributed by atoms with Crippen molar-refractivity contribution in [2.75, 3.05) is 6.54 Å². The average molecular weight is 861 g/mol. The Hall–Kier alpha value is -5.57. The first-order chi connectivity index (χ1) is 28.8. The van der Waals surface area contributed by atoms with Crippen LogP contribution < -0.4 is 31.9 Å². The van der Waals surface area contributed by atoms with Gasteiger partial charge in [-0.05, 0) is 68.3 Å². The fourth-order valence-corrected chi connectivity index (χ4v) is 6.92. The summed E-state index contributed by atoms with van der Waals surface area (Å²) in [5, 5.41) is 61.4. The lowest BCUT2D eigenvalue weighted by Crippen LogP contribution is -2.61. The van der Waals surface area contributed by atoms with Crippen LogP contribution in [0.5, 0.6) is 0 Å². The van der Waals surface area contributed by atoms with Gasteiger partial charge >= 0.3 is 25.0 Å². The molecule has 1 fully saturated rings. The topological polar surface area (TPSA) is 327 Å². The third-order valence-corrected chi connectivity index (χ3v) is 10.2. The summed E-state index contributed by atoms with van der Waals surface area (Å²) >= 11 is 0. The number of amides is 6. The molecule has 61 heavy (non-hydrogen) atoms. The normalized spacial score (nSPS) is 15.2. The number of carbonyl (C=O) groups is 9. The molecule has 0 spiro atoms. The van der Waals surface area contributed by atoms with Gasteiger partial charge in [0.1, 0.15) is 30.2 Å². The number of aryl methyl sites for hydroxylation is 1. The predicted molar refractivity (Wildman–Crippen MR) is 219 cm³/mol. The third kappa shape index (κ3) is 20.0. The van der Waals surface area contributed by atoms with Gasteiger partial charge in [0, 0.05) is 25.8 Å². The fraction of sp³-hybridized carbons (Fsp3) is 0.625. The van der Waals surface area contributed by atoms with E-state index in [4.69, 9.17) is 15.2 Å². The van der Waals surface area contributed by atoms with E-state index in [2.05, 4.69) is 31.9 Å². The molecule has 0 aliphatic heterocycles. The Kier molecular flexibility index (Phi) is 22.5. The van der Waals surface area contributed by atoms with Crippen LogP contribution in [-0.4, -0.2) is 123 Å². The van der Waals surface area contributed by atoms with E-state index >= 15 is 0 Å². The molecule has 1 aromatic carbocycles. The second-order valence-electron chi connectivity index (χ2n) is 15.8. The maximum atomic E-state index is 14.4. The van der Waals surface area contributed by atoms with Gasteiger partial charge in [-0.25, -0.2) is 0 Å². The van der Waals surface area contributed by atoms with Crippen molar-refractivity contribution in [3.05, 3.63) is 35.4 Å². The SMILES string of the molecule is Cc1ccccc1C[C@H](NC(=O)[C@H](CCC(=O)O)NC(=O)[C@H](CC(=O)O)NC(=O)CCC(=O)O)C(=O)N[C@H](C(=O)N[C@@H](CC(C)C)C(=O)NCCCB(O)O)C1CCCCC1. The number of nitrogens with one attached hydrogen (secondary N) is 6. The molecule has 1 saturated carbocycles. The Morgan fingerprint density at radius 3 is 1.85 bits per heavy atom. The van der Waals surface area contributed by atoms with Crippen LogP contribution in [0.3, 0.4) is 0 Å². The van der Waals surface area contributed by atoms with Crippen LogP contribution in [0, 0.1) is 18.8 Å².